The molecule has 1 saturated heterocycles. The van der Waals surface area contributed by atoms with Crippen molar-refractivity contribution in [1.82, 2.24) is 25.5 Å². The molecule has 1 N–H and O–H groups in total. The van der Waals surface area contributed by atoms with Gasteiger partial charge < -0.3 is 14.8 Å². The van der Waals surface area contributed by atoms with Crippen LogP contribution in [0.5, 0.6) is 5.75 Å². The van der Waals surface area contributed by atoms with E-state index < -0.39 is 0 Å². The molecule has 30 heavy (non-hydrogen) atoms. The molecule has 2 aromatic carbocycles. The van der Waals surface area contributed by atoms with Crippen molar-refractivity contribution in [1.29, 1.82) is 0 Å². The molecule has 8 nitrogen and oxygen atoms in total. The van der Waals surface area contributed by atoms with E-state index in [4.69, 9.17) is 9.47 Å². The predicted octanol–water partition coefficient (Wildman–Crippen LogP) is 2.46. The normalized spacial score (nSPS) is 15.5. The van der Waals surface area contributed by atoms with Crippen molar-refractivity contribution in [2.45, 2.75) is 25.2 Å². The van der Waals surface area contributed by atoms with E-state index in [0.717, 1.165) is 29.8 Å². The Labute approximate surface area is 175 Å². The van der Waals surface area contributed by atoms with Gasteiger partial charge in [0.05, 0.1) is 12.8 Å². The fourth-order valence-corrected chi connectivity index (χ4v) is 3.89. The molecule has 0 spiro atoms. The van der Waals surface area contributed by atoms with E-state index in [-0.39, 0.29) is 11.3 Å². The Morgan fingerprint density at radius 3 is 2.63 bits per heavy atom. The van der Waals surface area contributed by atoms with E-state index in [2.05, 4.69) is 33.0 Å². The molecule has 0 radical (unpaired) electrons. The van der Waals surface area contributed by atoms with Crippen LogP contribution in [0.4, 0.5) is 0 Å². The highest BCUT2D eigenvalue weighted by Crippen LogP contribution is 2.35. The van der Waals surface area contributed by atoms with Crippen molar-refractivity contribution < 1.29 is 14.3 Å². The highest BCUT2D eigenvalue weighted by atomic mass is 16.5. The van der Waals surface area contributed by atoms with E-state index in [0.29, 0.717) is 25.3 Å². The lowest BCUT2D eigenvalue weighted by molar-refractivity contribution is 0.0487. The van der Waals surface area contributed by atoms with Gasteiger partial charge in [-0.3, -0.25) is 4.79 Å². The minimum absolute atomic E-state index is 0.122. The van der Waals surface area contributed by atoms with Gasteiger partial charge in [-0.1, -0.05) is 18.2 Å². The summed E-state index contributed by atoms with van der Waals surface area (Å²) in [4.78, 5) is 13.0. The Balaban J connectivity index is 1.54. The fourth-order valence-electron chi connectivity index (χ4n) is 3.89. The van der Waals surface area contributed by atoms with Crippen molar-refractivity contribution in [3.05, 3.63) is 65.5 Å². The lowest BCUT2D eigenvalue weighted by atomic mass is 9.74. The number of ether oxygens (including phenoxy) is 2. The molecule has 0 aliphatic carbocycles. The van der Waals surface area contributed by atoms with Gasteiger partial charge in [-0.25, -0.2) is 4.68 Å². The van der Waals surface area contributed by atoms with Crippen LogP contribution in [0.2, 0.25) is 0 Å². The topological polar surface area (TPSA) is 91.2 Å². The van der Waals surface area contributed by atoms with E-state index in [1.807, 2.05) is 37.3 Å². The SMILES string of the molecule is COc1ccc(C2(CNC(=O)c3ccc(C)c(-n4cnnn4)c3)CCOCC2)cc1. The zero-order chi connectivity index (χ0) is 21.0. The summed E-state index contributed by atoms with van der Waals surface area (Å²) in [7, 11) is 1.66. The number of hydrogen-bond donors (Lipinski definition) is 1. The zero-order valence-electron chi connectivity index (χ0n) is 17.2. The van der Waals surface area contributed by atoms with Gasteiger partial charge in [0.25, 0.3) is 5.91 Å². The number of aromatic nitrogens is 4. The summed E-state index contributed by atoms with van der Waals surface area (Å²) < 4.78 is 12.4. The lowest BCUT2D eigenvalue weighted by Crippen LogP contribution is -2.44. The summed E-state index contributed by atoms with van der Waals surface area (Å²) in [6, 6.07) is 13.6. The Hall–Kier alpha value is -3.26. The quantitative estimate of drug-likeness (QED) is 0.675. The average molecular weight is 407 g/mol. The molecule has 0 saturated carbocycles. The third-order valence-corrected chi connectivity index (χ3v) is 5.81. The van der Waals surface area contributed by atoms with Gasteiger partial charge in [0.2, 0.25) is 0 Å². The number of amides is 1. The summed E-state index contributed by atoms with van der Waals surface area (Å²) >= 11 is 0. The molecule has 0 unspecified atom stereocenters. The van der Waals surface area contributed by atoms with Gasteiger partial charge in [-0.05, 0) is 65.6 Å². The molecule has 156 valence electrons. The number of nitrogens with one attached hydrogen (secondary N) is 1. The molecule has 1 aromatic heterocycles. The van der Waals surface area contributed by atoms with E-state index in [9.17, 15) is 4.79 Å². The van der Waals surface area contributed by atoms with Crippen LogP contribution < -0.4 is 10.1 Å². The summed E-state index contributed by atoms with van der Waals surface area (Å²) in [5.74, 6) is 0.698. The third-order valence-electron chi connectivity index (χ3n) is 5.81. The number of carbonyl (C=O) groups is 1. The molecule has 4 rings (SSSR count). The van der Waals surface area contributed by atoms with Gasteiger partial charge in [-0.15, -0.1) is 5.10 Å². The van der Waals surface area contributed by atoms with Crippen molar-refractivity contribution in [2.24, 2.45) is 0 Å². The molecule has 3 aromatic rings. The lowest BCUT2D eigenvalue weighted by Gasteiger charge is -2.38. The largest absolute Gasteiger partial charge is 0.497 e. The molecule has 1 aliphatic heterocycles. The zero-order valence-corrected chi connectivity index (χ0v) is 17.2. The number of methoxy groups -OCH3 is 1. The van der Waals surface area contributed by atoms with Crippen molar-refractivity contribution >= 4 is 5.91 Å². The smallest absolute Gasteiger partial charge is 0.251 e. The first-order valence-electron chi connectivity index (χ1n) is 9.96. The first kappa shape index (κ1) is 20.0. The highest BCUT2D eigenvalue weighted by molar-refractivity contribution is 5.95. The van der Waals surface area contributed by atoms with Crippen LogP contribution in [0.15, 0.2) is 48.8 Å². The number of nitrogens with zero attached hydrogens (tertiary/aromatic N) is 4. The number of tetrazole rings is 1. The van der Waals surface area contributed by atoms with Gasteiger partial charge in [0.1, 0.15) is 12.1 Å². The van der Waals surface area contributed by atoms with E-state index in [1.54, 1.807) is 11.8 Å². The minimum atomic E-state index is -0.163. The number of carbonyl (C=O) groups excluding carboxylic acids is 1. The van der Waals surface area contributed by atoms with Crippen LogP contribution in [0.25, 0.3) is 5.69 Å². The van der Waals surface area contributed by atoms with Crippen LogP contribution in [0, 0.1) is 6.92 Å². The minimum Gasteiger partial charge on any atom is -0.497 e. The molecule has 0 bridgehead atoms. The second-order valence-electron chi connectivity index (χ2n) is 7.56. The maximum absolute atomic E-state index is 13.0. The summed E-state index contributed by atoms with van der Waals surface area (Å²) in [5, 5.41) is 14.4. The van der Waals surface area contributed by atoms with E-state index >= 15 is 0 Å². The molecule has 8 heteroatoms. The summed E-state index contributed by atoms with van der Waals surface area (Å²) in [5.41, 5.74) is 3.36. The Kier molecular flexibility index (Phi) is 5.76. The van der Waals surface area contributed by atoms with Gasteiger partial charge in [0, 0.05) is 30.7 Å². The standard InChI is InChI=1S/C22H25N5O3/c1-16-3-4-17(13-20(16)27-15-24-25-26-27)21(28)23-14-22(9-11-30-12-10-22)18-5-7-19(29-2)8-6-18/h3-8,13,15H,9-12,14H2,1-2H3,(H,23,28). The van der Waals surface area contributed by atoms with Gasteiger partial charge in [-0.2, -0.15) is 0 Å². The first-order chi connectivity index (χ1) is 14.6. The average Bonchev–Trinajstić information content (AvgIpc) is 3.33. The van der Waals surface area contributed by atoms with Crippen LogP contribution in [-0.2, 0) is 10.2 Å². The third kappa shape index (κ3) is 4.04. The van der Waals surface area contributed by atoms with Gasteiger partial charge >= 0.3 is 0 Å². The molecule has 1 aliphatic rings. The molecule has 0 atom stereocenters. The first-order valence-corrected chi connectivity index (χ1v) is 9.96. The van der Waals surface area contributed by atoms with Crippen LogP contribution in [0.3, 0.4) is 0 Å². The van der Waals surface area contributed by atoms with Crippen molar-refractivity contribution in [2.75, 3.05) is 26.9 Å². The monoisotopic (exact) mass is 407 g/mol. The highest BCUT2D eigenvalue weighted by Gasteiger charge is 2.35. The molecule has 2 heterocycles. The van der Waals surface area contributed by atoms with Crippen LogP contribution >= 0.6 is 0 Å². The maximum Gasteiger partial charge on any atom is 0.251 e. The molecule has 1 fully saturated rings. The van der Waals surface area contributed by atoms with Crippen molar-refractivity contribution in [3.63, 3.8) is 0 Å². The van der Waals surface area contributed by atoms with Crippen LogP contribution in [0.1, 0.15) is 34.3 Å². The summed E-state index contributed by atoms with van der Waals surface area (Å²) in [6.07, 6.45) is 3.22. The Morgan fingerprint density at radius 1 is 1.20 bits per heavy atom. The Morgan fingerprint density at radius 2 is 1.97 bits per heavy atom. The number of rotatable bonds is 6. The number of hydrogen-bond acceptors (Lipinski definition) is 6. The second kappa shape index (κ2) is 8.62. The maximum atomic E-state index is 13.0. The number of benzene rings is 2. The van der Waals surface area contributed by atoms with Crippen molar-refractivity contribution in [3.8, 4) is 11.4 Å². The van der Waals surface area contributed by atoms with Crippen LogP contribution in [-0.4, -0.2) is 53.0 Å². The van der Waals surface area contributed by atoms with Gasteiger partial charge in [0.15, 0.2) is 0 Å². The second-order valence-corrected chi connectivity index (χ2v) is 7.56. The fraction of sp³-hybridized carbons (Fsp3) is 0.364. The molecular formula is C22H25N5O3. The predicted molar refractivity (Wildman–Crippen MR) is 111 cm³/mol. The summed E-state index contributed by atoms with van der Waals surface area (Å²) in [6.45, 7) is 3.85. The Bertz CT molecular complexity index is 996. The van der Waals surface area contributed by atoms with E-state index in [1.165, 1.54) is 11.9 Å². The molecular weight excluding hydrogens is 382 g/mol. The molecule has 1 amide bonds. The number of aryl methyl sites for hydroxylation is 1.